The molecule has 0 N–H and O–H groups in total. The van der Waals surface area contributed by atoms with Crippen LogP contribution in [0.15, 0.2) is 54.6 Å². The van der Waals surface area contributed by atoms with Gasteiger partial charge in [-0.1, -0.05) is 42.5 Å². The molecule has 0 bridgehead atoms. The molecule has 0 saturated carbocycles. The van der Waals surface area contributed by atoms with Crippen LogP contribution in [0, 0.1) is 0 Å². The molecule has 1 unspecified atom stereocenters. The van der Waals surface area contributed by atoms with Crippen molar-refractivity contribution in [3.05, 3.63) is 65.7 Å². The van der Waals surface area contributed by atoms with Crippen molar-refractivity contribution in [3.8, 4) is 5.75 Å². The Balaban J connectivity index is 1.45. The number of methoxy groups -OCH3 is 1. The fraction of sp³-hybridized carbons (Fsp3) is 0.435. The SMILES string of the molecule is COc1ccc(CN2CCN(C(=O)CN(C)C(C)c3ccccc3)CC2)cc1. The van der Waals surface area contributed by atoms with Crippen LogP contribution in [0.1, 0.15) is 24.1 Å². The van der Waals surface area contributed by atoms with E-state index in [9.17, 15) is 4.79 Å². The Bertz CT molecular complexity index is 740. The van der Waals surface area contributed by atoms with Crippen molar-refractivity contribution in [2.45, 2.75) is 19.5 Å². The zero-order chi connectivity index (χ0) is 19.9. The number of piperazine rings is 1. The maximum atomic E-state index is 12.7. The van der Waals surface area contributed by atoms with Crippen molar-refractivity contribution in [2.24, 2.45) is 0 Å². The second-order valence-corrected chi connectivity index (χ2v) is 7.51. The molecule has 1 saturated heterocycles. The van der Waals surface area contributed by atoms with E-state index in [2.05, 4.69) is 41.0 Å². The van der Waals surface area contributed by atoms with Gasteiger partial charge in [0.05, 0.1) is 13.7 Å². The second-order valence-electron chi connectivity index (χ2n) is 7.51. The molecule has 1 aliphatic rings. The lowest BCUT2D eigenvalue weighted by atomic mass is 10.1. The van der Waals surface area contributed by atoms with Gasteiger partial charge in [0.15, 0.2) is 0 Å². The van der Waals surface area contributed by atoms with Gasteiger partial charge in [-0.25, -0.2) is 0 Å². The van der Waals surface area contributed by atoms with Crippen LogP contribution < -0.4 is 4.74 Å². The molecule has 150 valence electrons. The monoisotopic (exact) mass is 381 g/mol. The molecule has 5 nitrogen and oxygen atoms in total. The van der Waals surface area contributed by atoms with Gasteiger partial charge in [0.2, 0.25) is 5.91 Å². The molecule has 1 heterocycles. The smallest absolute Gasteiger partial charge is 0.236 e. The maximum absolute atomic E-state index is 12.7. The highest BCUT2D eigenvalue weighted by Gasteiger charge is 2.23. The molecule has 2 aromatic carbocycles. The van der Waals surface area contributed by atoms with Gasteiger partial charge in [-0.3, -0.25) is 14.6 Å². The predicted octanol–water partition coefficient (Wildman–Crippen LogP) is 3.03. The van der Waals surface area contributed by atoms with Crippen LogP contribution in [0.3, 0.4) is 0 Å². The number of hydrogen-bond donors (Lipinski definition) is 0. The minimum absolute atomic E-state index is 0.217. The summed E-state index contributed by atoms with van der Waals surface area (Å²) in [6.07, 6.45) is 0. The lowest BCUT2D eigenvalue weighted by Gasteiger charge is -2.36. The second kappa shape index (κ2) is 9.71. The van der Waals surface area contributed by atoms with E-state index >= 15 is 0 Å². The number of likely N-dealkylation sites (N-methyl/N-ethyl adjacent to an activating group) is 1. The molecule has 28 heavy (non-hydrogen) atoms. The van der Waals surface area contributed by atoms with E-state index in [0.29, 0.717) is 6.54 Å². The third-order valence-electron chi connectivity index (χ3n) is 5.62. The Morgan fingerprint density at radius 1 is 1.04 bits per heavy atom. The average Bonchev–Trinajstić information content (AvgIpc) is 2.74. The highest BCUT2D eigenvalue weighted by atomic mass is 16.5. The first kappa shape index (κ1) is 20.4. The van der Waals surface area contributed by atoms with E-state index < -0.39 is 0 Å². The van der Waals surface area contributed by atoms with Crippen LogP contribution in [-0.2, 0) is 11.3 Å². The summed E-state index contributed by atoms with van der Waals surface area (Å²) in [6, 6.07) is 18.8. The van der Waals surface area contributed by atoms with Crippen LogP contribution in [0.2, 0.25) is 0 Å². The van der Waals surface area contributed by atoms with Crippen molar-refractivity contribution in [3.63, 3.8) is 0 Å². The molecule has 5 heteroatoms. The summed E-state index contributed by atoms with van der Waals surface area (Å²) in [7, 11) is 3.71. The number of rotatable bonds is 7. The molecule has 3 rings (SSSR count). The summed E-state index contributed by atoms with van der Waals surface area (Å²) in [4.78, 5) is 19.3. The number of carbonyl (C=O) groups is 1. The molecular formula is C23H31N3O2. The van der Waals surface area contributed by atoms with Gasteiger partial charge in [0.25, 0.3) is 0 Å². The highest BCUT2D eigenvalue weighted by Crippen LogP contribution is 2.18. The normalized spacial score (nSPS) is 16.2. The van der Waals surface area contributed by atoms with Gasteiger partial charge in [-0.15, -0.1) is 0 Å². The van der Waals surface area contributed by atoms with E-state index in [0.717, 1.165) is 38.5 Å². The van der Waals surface area contributed by atoms with Crippen LogP contribution in [0.5, 0.6) is 5.75 Å². The third-order valence-corrected chi connectivity index (χ3v) is 5.62. The average molecular weight is 382 g/mol. The quantitative estimate of drug-likeness (QED) is 0.739. The molecule has 1 fully saturated rings. The van der Waals surface area contributed by atoms with Gasteiger partial charge in [-0.2, -0.15) is 0 Å². The first-order valence-electron chi connectivity index (χ1n) is 9.95. The van der Waals surface area contributed by atoms with Gasteiger partial charge in [0, 0.05) is 38.8 Å². The Morgan fingerprint density at radius 3 is 2.29 bits per heavy atom. The van der Waals surface area contributed by atoms with Crippen molar-refractivity contribution >= 4 is 5.91 Å². The van der Waals surface area contributed by atoms with Crippen LogP contribution in [0.4, 0.5) is 0 Å². The molecule has 1 atom stereocenters. The topological polar surface area (TPSA) is 36.0 Å². The molecule has 0 aromatic heterocycles. The molecule has 0 radical (unpaired) electrons. The number of carbonyl (C=O) groups excluding carboxylic acids is 1. The summed E-state index contributed by atoms with van der Waals surface area (Å²) >= 11 is 0. The van der Waals surface area contributed by atoms with E-state index in [4.69, 9.17) is 4.74 Å². The van der Waals surface area contributed by atoms with Gasteiger partial charge < -0.3 is 9.64 Å². The van der Waals surface area contributed by atoms with E-state index in [1.807, 2.05) is 42.3 Å². The molecule has 0 spiro atoms. The number of benzene rings is 2. The predicted molar refractivity (Wildman–Crippen MR) is 112 cm³/mol. The lowest BCUT2D eigenvalue weighted by Crippen LogP contribution is -2.50. The Kier molecular flexibility index (Phi) is 7.06. The van der Waals surface area contributed by atoms with Crippen molar-refractivity contribution in [1.82, 2.24) is 14.7 Å². The number of ether oxygens (including phenoxy) is 1. The fourth-order valence-electron chi connectivity index (χ4n) is 3.58. The van der Waals surface area contributed by atoms with E-state index in [1.54, 1.807) is 7.11 Å². The summed E-state index contributed by atoms with van der Waals surface area (Å²) in [5.74, 6) is 1.10. The molecular weight excluding hydrogens is 350 g/mol. The Labute approximate surface area is 168 Å². The molecule has 1 amide bonds. The van der Waals surface area contributed by atoms with Gasteiger partial charge in [0.1, 0.15) is 5.75 Å². The lowest BCUT2D eigenvalue weighted by molar-refractivity contribution is -0.134. The van der Waals surface area contributed by atoms with Gasteiger partial charge >= 0.3 is 0 Å². The van der Waals surface area contributed by atoms with E-state index in [1.165, 1.54) is 11.1 Å². The number of hydrogen-bond acceptors (Lipinski definition) is 4. The highest BCUT2D eigenvalue weighted by molar-refractivity contribution is 5.78. The molecule has 0 aliphatic carbocycles. The maximum Gasteiger partial charge on any atom is 0.236 e. The van der Waals surface area contributed by atoms with Crippen molar-refractivity contribution in [2.75, 3.05) is 46.9 Å². The zero-order valence-corrected chi connectivity index (χ0v) is 17.2. The first-order valence-corrected chi connectivity index (χ1v) is 9.95. The summed E-state index contributed by atoms with van der Waals surface area (Å²) in [6.45, 7) is 6.93. The molecule has 2 aromatic rings. The zero-order valence-electron chi connectivity index (χ0n) is 17.2. The minimum Gasteiger partial charge on any atom is -0.497 e. The Hall–Kier alpha value is -2.37. The summed E-state index contributed by atoms with van der Waals surface area (Å²) in [5.41, 5.74) is 2.51. The van der Waals surface area contributed by atoms with E-state index in [-0.39, 0.29) is 11.9 Å². The van der Waals surface area contributed by atoms with Crippen LogP contribution in [-0.4, -0.2) is 67.5 Å². The van der Waals surface area contributed by atoms with Gasteiger partial charge in [-0.05, 0) is 37.2 Å². The van der Waals surface area contributed by atoms with Crippen LogP contribution >= 0.6 is 0 Å². The van der Waals surface area contributed by atoms with Crippen molar-refractivity contribution in [1.29, 1.82) is 0 Å². The number of nitrogens with zero attached hydrogens (tertiary/aromatic N) is 3. The standard InChI is InChI=1S/C23H31N3O2/c1-19(21-7-5-4-6-8-21)24(2)18-23(27)26-15-13-25(14-16-26)17-20-9-11-22(28-3)12-10-20/h4-12,19H,13-18H2,1-3H3. The van der Waals surface area contributed by atoms with Crippen molar-refractivity contribution < 1.29 is 9.53 Å². The largest absolute Gasteiger partial charge is 0.497 e. The molecule has 1 aliphatic heterocycles. The summed E-state index contributed by atoms with van der Waals surface area (Å²) in [5, 5.41) is 0. The van der Waals surface area contributed by atoms with Crippen LogP contribution in [0.25, 0.3) is 0 Å². The first-order chi connectivity index (χ1) is 13.6. The third kappa shape index (κ3) is 5.33. The number of amides is 1. The summed E-state index contributed by atoms with van der Waals surface area (Å²) < 4.78 is 5.21. The fourth-order valence-corrected chi connectivity index (χ4v) is 3.58. The Morgan fingerprint density at radius 2 is 1.68 bits per heavy atom. The minimum atomic E-state index is 0.217.